The zero-order chi connectivity index (χ0) is 17.8. The molecule has 4 nitrogen and oxygen atoms in total. The molecule has 1 aromatic heterocycles. The number of fused-ring (bicyclic) bond motifs is 1. The molecule has 0 bridgehead atoms. The molecule has 1 heterocycles. The lowest BCUT2D eigenvalue weighted by atomic mass is 10.1. The van der Waals surface area contributed by atoms with Gasteiger partial charge in [-0.25, -0.2) is 9.97 Å². The van der Waals surface area contributed by atoms with Crippen molar-refractivity contribution >= 4 is 28.9 Å². The molecule has 0 radical (unpaired) electrons. The second-order valence-corrected chi connectivity index (χ2v) is 6.39. The van der Waals surface area contributed by atoms with Gasteiger partial charge in [-0.3, -0.25) is 0 Å². The lowest BCUT2D eigenvalue weighted by molar-refractivity contribution is 0.232. The first-order chi connectivity index (χ1) is 12.0. The van der Waals surface area contributed by atoms with Crippen molar-refractivity contribution in [3.05, 3.63) is 59.8 Å². The summed E-state index contributed by atoms with van der Waals surface area (Å²) in [5.41, 5.74) is 4.72. The van der Waals surface area contributed by atoms with Crippen LogP contribution < -0.4 is 9.64 Å². The molecule has 3 aromatic rings. The van der Waals surface area contributed by atoms with Gasteiger partial charge in [-0.05, 0) is 49.8 Å². The van der Waals surface area contributed by atoms with Gasteiger partial charge < -0.3 is 9.64 Å². The van der Waals surface area contributed by atoms with E-state index in [2.05, 4.69) is 34.1 Å². The van der Waals surface area contributed by atoms with Gasteiger partial charge in [0.05, 0.1) is 17.1 Å². The molecular weight excluding hydrogens is 310 g/mol. The quantitative estimate of drug-likeness (QED) is 0.681. The number of ether oxygens (including phenoxy) is 1. The molecule has 0 saturated heterocycles. The van der Waals surface area contributed by atoms with E-state index in [1.807, 2.05) is 64.4 Å². The second kappa shape index (κ2) is 7.34. The molecular formula is C21H23N3O. The largest absolute Gasteiger partial charge is 0.473 e. The summed E-state index contributed by atoms with van der Waals surface area (Å²) < 4.78 is 5.86. The highest BCUT2D eigenvalue weighted by molar-refractivity contribution is 5.79. The number of rotatable bonds is 5. The molecule has 0 aliphatic heterocycles. The van der Waals surface area contributed by atoms with Gasteiger partial charge in [0.1, 0.15) is 5.69 Å². The number of anilines is 1. The number of nitrogens with zero attached hydrogens (tertiary/aromatic N) is 3. The summed E-state index contributed by atoms with van der Waals surface area (Å²) in [6, 6.07) is 16.2. The maximum Gasteiger partial charge on any atom is 0.240 e. The van der Waals surface area contributed by atoms with Crippen LogP contribution in [0.1, 0.15) is 25.1 Å². The van der Waals surface area contributed by atoms with Gasteiger partial charge in [0.15, 0.2) is 0 Å². The van der Waals surface area contributed by atoms with E-state index < -0.39 is 0 Å². The summed E-state index contributed by atoms with van der Waals surface area (Å²) in [6.45, 7) is 3.98. The highest BCUT2D eigenvalue weighted by Gasteiger charge is 2.09. The van der Waals surface area contributed by atoms with Crippen LogP contribution in [-0.2, 0) is 0 Å². The Balaban J connectivity index is 1.95. The summed E-state index contributed by atoms with van der Waals surface area (Å²) >= 11 is 0. The van der Waals surface area contributed by atoms with E-state index in [-0.39, 0.29) is 6.10 Å². The predicted molar refractivity (Wildman–Crippen MR) is 105 cm³/mol. The third kappa shape index (κ3) is 4.15. The van der Waals surface area contributed by atoms with E-state index >= 15 is 0 Å². The van der Waals surface area contributed by atoms with Crippen molar-refractivity contribution in [2.24, 2.45) is 0 Å². The minimum Gasteiger partial charge on any atom is -0.473 e. The van der Waals surface area contributed by atoms with Gasteiger partial charge >= 0.3 is 0 Å². The van der Waals surface area contributed by atoms with E-state index in [0.717, 1.165) is 22.3 Å². The fourth-order valence-electron chi connectivity index (χ4n) is 2.47. The molecule has 128 valence electrons. The molecule has 0 aliphatic carbocycles. The Labute approximate surface area is 148 Å². The first-order valence-electron chi connectivity index (χ1n) is 8.42. The van der Waals surface area contributed by atoms with Crippen LogP contribution in [0.3, 0.4) is 0 Å². The average Bonchev–Trinajstić information content (AvgIpc) is 2.59. The minimum atomic E-state index is 0.0435. The van der Waals surface area contributed by atoms with Crippen LogP contribution in [0.25, 0.3) is 23.2 Å². The van der Waals surface area contributed by atoms with Gasteiger partial charge in [0.25, 0.3) is 0 Å². The minimum absolute atomic E-state index is 0.0435. The van der Waals surface area contributed by atoms with Crippen molar-refractivity contribution in [3.8, 4) is 5.88 Å². The SMILES string of the molecule is CC(C)Oc1nc2ccccc2nc1/C=C/c1ccc(N(C)C)cc1. The molecule has 0 atom stereocenters. The summed E-state index contributed by atoms with van der Waals surface area (Å²) in [7, 11) is 4.07. The third-order valence-electron chi connectivity index (χ3n) is 3.75. The Morgan fingerprint density at radius 1 is 0.880 bits per heavy atom. The zero-order valence-corrected chi connectivity index (χ0v) is 15.1. The fraction of sp³-hybridized carbons (Fsp3) is 0.238. The maximum atomic E-state index is 5.86. The van der Waals surface area contributed by atoms with Crippen molar-refractivity contribution in [2.45, 2.75) is 20.0 Å². The van der Waals surface area contributed by atoms with E-state index in [1.54, 1.807) is 0 Å². The second-order valence-electron chi connectivity index (χ2n) is 6.39. The molecule has 0 aliphatic rings. The van der Waals surface area contributed by atoms with Crippen LogP contribution in [0.15, 0.2) is 48.5 Å². The first-order valence-corrected chi connectivity index (χ1v) is 8.42. The van der Waals surface area contributed by atoms with Gasteiger partial charge in [-0.15, -0.1) is 0 Å². The Hall–Kier alpha value is -2.88. The van der Waals surface area contributed by atoms with Crippen molar-refractivity contribution < 1.29 is 4.74 Å². The number of aromatic nitrogens is 2. The van der Waals surface area contributed by atoms with Gasteiger partial charge in [0, 0.05) is 19.8 Å². The molecule has 0 N–H and O–H groups in total. The molecule has 0 amide bonds. The van der Waals surface area contributed by atoms with Crippen molar-refractivity contribution in [1.29, 1.82) is 0 Å². The molecule has 0 unspecified atom stereocenters. The van der Waals surface area contributed by atoms with Crippen LogP contribution in [0.4, 0.5) is 5.69 Å². The molecule has 0 spiro atoms. The first kappa shape index (κ1) is 17.0. The summed E-state index contributed by atoms with van der Waals surface area (Å²) in [5, 5.41) is 0. The topological polar surface area (TPSA) is 38.3 Å². The molecule has 2 aromatic carbocycles. The van der Waals surface area contributed by atoms with Gasteiger partial charge in [0.2, 0.25) is 5.88 Å². The summed E-state index contributed by atoms with van der Waals surface area (Å²) in [6.07, 6.45) is 4.04. The van der Waals surface area contributed by atoms with Crippen molar-refractivity contribution in [3.63, 3.8) is 0 Å². The van der Waals surface area contributed by atoms with Crippen LogP contribution >= 0.6 is 0 Å². The Morgan fingerprint density at radius 2 is 1.52 bits per heavy atom. The Morgan fingerprint density at radius 3 is 2.12 bits per heavy atom. The fourth-order valence-corrected chi connectivity index (χ4v) is 2.47. The normalized spacial score (nSPS) is 11.4. The van der Waals surface area contributed by atoms with Crippen molar-refractivity contribution in [2.75, 3.05) is 19.0 Å². The van der Waals surface area contributed by atoms with E-state index in [1.165, 1.54) is 5.69 Å². The summed E-state index contributed by atoms with van der Waals surface area (Å²) in [4.78, 5) is 11.4. The smallest absolute Gasteiger partial charge is 0.240 e. The summed E-state index contributed by atoms with van der Waals surface area (Å²) in [5.74, 6) is 0.565. The number of hydrogen-bond donors (Lipinski definition) is 0. The monoisotopic (exact) mass is 333 g/mol. The Kier molecular flexibility index (Phi) is 4.98. The van der Waals surface area contributed by atoms with E-state index in [4.69, 9.17) is 9.72 Å². The van der Waals surface area contributed by atoms with E-state index in [9.17, 15) is 0 Å². The van der Waals surface area contributed by atoms with Gasteiger partial charge in [-0.1, -0.05) is 30.3 Å². The lowest BCUT2D eigenvalue weighted by Gasteiger charge is -2.12. The maximum absolute atomic E-state index is 5.86. The highest BCUT2D eigenvalue weighted by Crippen LogP contribution is 2.22. The standard InChI is InChI=1S/C21H23N3O/c1-15(2)25-21-20(22-18-7-5-6-8-19(18)23-21)14-11-16-9-12-17(13-10-16)24(3)4/h5-15H,1-4H3/b14-11+. The van der Waals surface area contributed by atoms with Crippen LogP contribution in [-0.4, -0.2) is 30.2 Å². The number of benzene rings is 2. The molecule has 25 heavy (non-hydrogen) atoms. The molecule has 0 saturated carbocycles. The van der Waals surface area contributed by atoms with Crippen LogP contribution in [0.2, 0.25) is 0 Å². The lowest BCUT2D eigenvalue weighted by Crippen LogP contribution is -2.09. The van der Waals surface area contributed by atoms with E-state index in [0.29, 0.717) is 5.88 Å². The van der Waals surface area contributed by atoms with Crippen molar-refractivity contribution in [1.82, 2.24) is 9.97 Å². The third-order valence-corrected chi connectivity index (χ3v) is 3.75. The Bertz CT molecular complexity index is 883. The predicted octanol–water partition coefficient (Wildman–Crippen LogP) is 4.65. The molecule has 0 fully saturated rings. The zero-order valence-electron chi connectivity index (χ0n) is 15.1. The molecule has 4 heteroatoms. The van der Waals surface area contributed by atoms with Gasteiger partial charge in [-0.2, -0.15) is 0 Å². The average molecular weight is 333 g/mol. The van der Waals surface area contributed by atoms with Crippen LogP contribution in [0, 0.1) is 0 Å². The van der Waals surface area contributed by atoms with Crippen LogP contribution in [0.5, 0.6) is 5.88 Å². The number of hydrogen-bond acceptors (Lipinski definition) is 4. The highest BCUT2D eigenvalue weighted by atomic mass is 16.5. The number of para-hydroxylation sites is 2. The molecule has 3 rings (SSSR count).